The third kappa shape index (κ3) is 3.63. The van der Waals surface area contributed by atoms with Crippen molar-refractivity contribution < 1.29 is 4.79 Å². The van der Waals surface area contributed by atoms with Gasteiger partial charge in [-0.3, -0.25) is 4.79 Å². The van der Waals surface area contributed by atoms with Crippen molar-refractivity contribution in [2.45, 2.75) is 32.2 Å². The van der Waals surface area contributed by atoms with Crippen molar-refractivity contribution in [3.05, 3.63) is 65.8 Å². The third-order valence-corrected chi connectivity index (χ3v) is 5.22. The lowest BCUT2D eigenvalue weighted by molar-refractivity contribution is 0.0703. The highest BCUT2D eigenvalue weighted by Gasteiger charge is 2.29. The van der Waals surface area contributed by atoms with Crippen molar-refractivity contribution >= 4 is 5.91 Å². The lowest BCUT2D eigenvalue weighted by atomic mass is 9.96. The van der Waals surface area contributed by atoms with Crippen molar-refractivity contribution in [1.82, 2.24) is 29.2 Å². The molecule has 1 aliphatic rings. The largest absolute Gasteiger partial charge is 0.338 e. The van der Waals surface area contributed by atoms with Crippen LogP contribution < -0.4 is 0 Å². The van der Waals surface area contributed by atoms with Crippen molar-refractivity contribution in [3.8, 4) is 0 Å². The van der Waals surface area contributed by atoms with E-state index in [4.69, 9.17) is 0 Å². The van der Waals surface area contributed by atoms with E-state index in [0.717, 1.165) is 42.2 Å². The van der Waals surface area contributed by atoms with Crippen molar-refractivity contribution in [2.24, 2.45) is 7.05 Å². The Kier molecular flexibility index (Phi) is 4.75. The van der Waals surface area contributed by atoms with Crippen LogP contribution in [0.25, 0.3) is 0 Å². The summed E-state index contributed by atoms with van der Waals surface area (Å²) in [6.07, 6.45) is 7.45. The lowest BCUT2D eigenvalue weighted by Gasteiger charge is -2.32. The van der Waals surface area contributed by atoms with Crippen LogP contribution in [0.15, 0.2) is 43.0 Å². The number of aromatic nitrogens is 5. The normalized spacial score (nSPS) is 17.3. The molecule has 1 saturated heterocycles. The van der Waals surface area contributed by atoms with Gasteiger partial charge in [-0.05, 0) is 31.9 Å². The molecule has 4 rings (SSSR count). The quantitative estimate of drug-likeness (QED) is 0.713. The fraction of sp³-hybridized carbons (Fsp3) is 0.400. The van der Waals surface area contributed by atoms with E-state index in [-0.39, 0.29) is 11.8 Å². The molecule has 27 heavy (non-hydrogen) atoms. The first kappa shape index (κ1) is 17.5. The average Bonchev–Trinajstić information content (AvgIpc) is 3.32. The van der Waals surface area contributed by atoms with Crippen LogP contribution >= 0.6 is 0 Å². The van der Waals surface area contributed by atoms with E-state index in [0.29, 0.717) is 13.1 Å². The summed E-state index contributed by atoms with van der Waals surface area (Å²) in [5.74, 6) is 2.16. The number of benzene rings is 1. The zero-order chi connectivity index (χ0) is 18.8. The molecule has 1 aliphatic heterocycles. The Balaban J connectivity index is 1.50. The molecular weight excluding hydrogens is 340 g/mol. The van der Waals surface area contributed by atoms with E-state index in [1.165, 1.54) is 0 Å². The van der Waals surface area contributed by atoms with Crippen LogP contribution in [-0.2, 0) is 13.6 Å². The Bertz CT molecular complexity index is 930. The highest BCUT2D eigenvalue weighted by atomic mass is 16.2. The van der Waals surface area contributed by atoms with Crippen LogP contribution in [0, 0.1) is 6.92 Å². The van der Waals surface area contributed by atoms with Gasteiger partial charge in [0.1, 0.15) is 5.82 Å². The minimum atomic E-state index is 0.101. The Hall–Kier alpha value is -2.96. The van der Waals surface area contributed by atoms with Gasteiger partial charge >= 0.3 is 0 Å². The smallest absolute Gasteiger partial charge is 0.253 e. The fourth-order valence-electron chi connectivity index (χ4n) is 3.75. The Labute approximate surface area is 158 Å². The SMILES string of the molecule is Cc1cccc(C(=O)N2CCC[C@@H](c3nnc(Cn4ccnc4)n3C)C2)c1. The fourth-order valence-corrected chi connectivity index (χ4v) is 3.75. The summed E-state index contributed by atoms with van der Waals surface area (Å²) in [4.78, 5) is 18.9. The lowest BCUT2D eigenvalue weighted by Crippen LogP contribution is -2.39. The number of carbonyl (C=O) groups excluding carboxylic acids is 1. The first-order chi connectivity index (χ1) is 13.1. The molecule has 0 saturated carbocycles. The highest BCUT2D eigenvalue weighted by Crippen LogP contribution is 2.27. The molecule has 140 valence electrons. The molecule has 3 aromatic rings. The molecule has 0 unspecified atom stereocenters. The molecule has 0 spiro atoms. The van der Waals surface area contributed by atoms with Gasteiger partial charge in [0.2, 0.25) is 0 Å². The van der Waals surface area contributed by atoms with Gasteiger partial charge in [0, 0.05) is 44.0 Å². The van der Waals surface area contributed by atoms with Crippen molar-refractivity contribution in [3.63, 3.8) is 0 Å². The average molecular weight is 364 g/mol. The molecule has 0 aliphatic carbocycles. The zero-order valence-electron chi connectivity index (χ0n) is 15.7. The van der Waals surface area contributed by atoms with E-state index >= 15 is 0 Å². The molecule has 1 aromatic carbocycles. The Morgan fingerprint density at radius 1 is 1.30 bits per heavy atom. The maximum atomic E-state index is 12.9. The number of amides is 1. The topological polar surface area (TPSA) is 68.8 Å². The van der Waals surface area contributed by atoms with E-state index in [2.05, 4.69) is 19.7 Å². The molecular formula is C20H24N6O. The predicted octanol–water partition coefficient (Wildman–Crippen LogP) is 2.39. The Morgan fingerprint density at radius 3 is 2.96 bits per heavy atom. The number of hydrogen-bond donors (Lipinski definition) is 0. The minimum Gasteiger partial charge on any atom is -0.338 e. The minimum absolute atomic E-state index is 0.101. The van der Waals surface area contributed by atoms with Gasteiger partial charge in [-0.2, -0.15) is 0 Å². The number of rotatable bonds is 4. The first-order valence-electron chi connectivity index (χ1n) is 9.31. The summed E-state index contributed by atoms with van der Waals surface area (Å²) >= 11 is 0. The van der Waals surface area contributed by atoms with Crippen LogP contribution in [0.5, 0.6) is 0 Å². The third-order valence-electron chi connectivity index (χ3n) is 5.22. The van der Waals surface area contributed by atoms with Gasteiger partial charge in [0.05, 0.1) is 12.9 Å². The molecule has 0 radical (unpaired) electrons. The summed E-state index contributed by atoms with van der Waals surface area (Å²) in [6, 6.07) is 7.80. The van der Waals surface area contributed by atoms with Crippen LogP contribution in [0.2, 0.25) is 0 Å². The number of nitrogens with zero attached hydrogens (tertiary/aromatic N) is 6. The summed E-state index contributed by atoms with van der Waals surface area (Å²) in [5.41, 5.74) is 1.86. The zero-order valence-corrected chi connectivity index (χ0v) is 15.7. The van der Waals surface area contributed by atoms with Crippen LogP contribution in [-0.4, -0.2) is 48.2 Å². The maximum Gasteiger partial charge on any atom is 0.253 e. The van der Waals surface area contributed by atoms with Crippen LogP contribution in [0.3, 0.4) is 0 Å². The first-order valence-corrected chi connectivity index (χ1v) is 9.31. The Morgan fingerprint density at radius 2 is 2.19 bits per heavy atom. The summed E-state index contributed by atoms with van der Waals surface area (Å²) in [5, 5.41) is 8.81. The van der Waals surface area contributed by atoms with Gasteiger partial charge in [0.25, 0.3) is 5.91 Å². The number of piperidine rings is 1. The molecule has 1 fully saturated rings. The predicted molar refractivity (Wildman–Crippen MR) is 101 cm³/mol. The molecule has 0 bridgehead atoms. The van der Waals surface area contributed by atoms with Crippen LogP contribution in [0.4, 0.5) is 0 Å². The molecule has 3 heterocycles. The van der Waals surface area contributed by atoms with Gasteiger partial charge in [-0.15, -0.1) is 10.2 Å². The van der Waals surface area contributed by atoms with Gasteiger partial charge < -0.3 is 14.0 Å². The van der Waals surface area contributed by atoms with Gasteiger partial charge in [0.15, 0.2) is 5.82 Å². The maximum absolute atomic E-state index is 12.9. The van der Waals surface area contributed by atoms with Crippen LogP contribution in [0.1, 0.15) is 46.3 Å². The number of imidazole rings is 1. The van der Waals surface area contributed by atoms with Gasteiger partial charge in [-0.25, -0.2) is 4.98 Å². The standard InChI is InChI=1S/C20H24N6O/c1-15-5-3-6-16(11-15)20(27)26-9-4-7-17(12-26)19-23-22-18(24(19)2)13-25-10-8-21-14-25/h3,5-6,8,10-11,14,17H,4,7,9,12-13H2,1-2H3/t17-/m1/s1. The molecule has 7 heteroatoms. The number of likely N-dealkylation sites (tertiary alicyclic amines) is 1. The van der Waals surface area contributed by atoms with Crippen molar-refractivity contribution in [2.75, 3.05) is 13.1 Å². The van der Waals surface area contributed by atoms with E-state index in [1.54, 1.807) is 12.5 Å². The molecule has 1 amide bonds. The van der Waals surface area contributed by atoms with Crippen molar-refractivity contribution in [1.29, 1.82) is 0 Å². The monoisotopic (exact) mass is 364 g/mol. The van der Waals surface area contributed by atoms with Gasteiger partial charge in [-0.1, -0.05) is 17.7 Å². The molecule has 7 nitrogen and oxygen atoms in total. The second-order valence-corrected chi connectivity index (χ2v) is 7.23. The second kappa shape index (κ2) is 7.34. The molecule has 0 N–H and O–H groups in total. The summed E-state index contributed by atoms with van der Waals surface area (Å²) in [7, 11) is 2.00. The van der Waals surface area contributed by atoms with E-state index in [1.807, 2.05) is 53.9 Å². The summed E-state index contributed by atoms with van der Waals surface area (Å²) < 4.78 is 4.04. The highest BCUT2D eigenvalue weighted by molar-refractivity contribution is 5.94. The molecule has 2 aromatic heterocycles. The second-order valence-electron chi connectivity index (χ2n) is 7.23. The van der Waals surface area contributed by atoms with E-state index < -0.39 is 0 Å². The number of hydrogen-bond acceptors (Lipinski definition) is 4. The summed E-state index contributed by atoms with van der Waals surface area (Å²) in [6.45, 7) is 4.13. The molecule has 1 atom stereocenters. The number of aryl methyl sites for hydroxylation is 1. The number of carbonyl (C=O) groups is 1. The van der Waals surface area contributed by atoms with E-state index in [9.17, 15) is 4.79 Å².